The van der Waals surface area contributed by atoms with Crippen molar-refractivity contribution in [3.63, 3.8) is 0 Å². The van der Waals surface area contributed by atoms with Crippen LogP contribution in [0.1, 0.15) is 19.4 Å². The number of allylic oxidation sites excluding steroid dienone is 1. The first-order valence-corrected chi connectivity index (χ1v) is 6.07. The fourth-order valence-electron chi connectivity index (χ4n) is 1.68. The van der Waals surface area contributed by atoms with Crippen molar-refractivity contribution in [3.8, 4) is 0 Å². The molecule has 1 aliphatic heterocycles. The monoisotopic (exact) mass is 208 g/mol. The molecule has 1 aliphatic rings. The van der Waals surface area contributed by atoms with Gasteiger partial charge in [-0.2, -0.15) is 0 Å². The predicted octanol–water partition coefficient (Wildman–Crippen LogP) is 2.47. The van der Waals surface area contributed by atoms with Crippen molar-refractivity contribution in [1.29, 1.82) is 0 Å². The molecular formula is C11H12O2S. The molecule has 0 saturated carbocycles. The molecule has 0 aliphatic carbocycles. The van der Waals surface area contributed by atoms with E-state index in [1.807, 2.05) is 26.0 Å². The summed E-state index contributed by atoms with van der Waals surface area (Å²) in [4.78, 5) is 0.974. The van der Waals surface area contributed by atoms with Gasteiger partial charge in [-0.15, -0.1) is 0 Å². The van der Waals surface area contributed by atoms with E-state index >= 15 is 0 Å². The number of hydrogen-bond donors (Lipinski definition) is 0. The van der Waals surface area contributed by atoms with Gasteiger partial charge in [-0.05, 0) is 23.6 Å². The molecule has 1 aromatic rings. The highest BCUT2D eigenvalue weighted by atomic mass is 32.2. The normalized spacial score (nSPS) is 18.1. The van der Waals surface area contributed by atoms with Gasteiger partial charge in [0.05, 0.1) is 9.80 Å². The van der Waals surface area contributed by atoms with Gasteiger partial charge in [0, 0.05) is 0 Å². The summed E-state index contributed by atoms with van der Waals surface area (Å²) in [5.41, 5.74) is 0.816. The fourth-order valence-corrected chi connectivity index (χ4v) is 3.53. The van der Waals surface area contributed by atoms with E-state index in [1.165, 1.54) is 0 Å². The van der Waals surface area contributed by atoms with Gasteiger partial charge in [0.15, 0.2) is 0 Å². The van der Waals surface area contributed by atoms with E-state index in [2.05, 4.69) is 0 Å². The van der Waals surface area contributed by atoms with Gasteiger partial charge in [-0.1, -0.05) is 32.0 Å². The number of fused-ring (bicyclic) bond motifs is 1. The van der Waals surface area contributed by atoms with Crippen LogP contribution < -0.4 is 0 Å². The van der Waals surface area contributed by atoms with E-state index in [4.69, 9.17) is 0 Å². The van der Waals surface area contributed by atoms with Gasteiger partial charge in [-0.3, -0.25) is 0 Å². The first-order chi connectivity index (χ1) is 6.53. The lowest BCUT2D eigenvalue weighted by molar-refractivity contribution is 0.597. The molecule has 0 saturated heterocycles. The molecule has 1 aromatic carbocycles. The van der Waals surface area contributed by atoms with Crippen LogP contribution in [0.4, 0.5) is 0 Å². The third-order valence-electron chi connectivity index (χ3n) is 2.39. The summed E-state index contributed by atoms with van der Waals surface area (Å²) in [6.45, 7) is 3.80. The molecule has 0 atom stereocenters. The average molecular weight is 208 g/mol. The molecule has 0 aromatic heterocycles. The van der Waals surface area contributed by atoms with Gasteiger partial charge in [0.2, 0.25) is 9.84 Å². The van der Waals surface area contributed by atoms with Crippen molar-refractivity contribution in [3.05, 3.63) is 34.7 Å². The second-order valence-corrected chi connectivity index (χ2v) is 5.66. The molecule has 1 heterocycles. The largest absolute Gasteiger partial charge is 0.219 e. The molecule has 0 radical (unpaired) electrons. The van der Waals surface area contributed by atoms with Crippen molar-refractivity contribution in [2.75, 3.05) is 0 Å². The van der Waals surface area contributed by atoms with Crippen molar-refractivity contribution >= 4 is 15.9 Å². The van der Waals surface area contributed by atoms with Crippen LogP contribution in [0.3, 0.4) is 0 Å². The van der Waals surface area contributed by atoms with Gasteiger partial charge in [0.1, 0.15) is 0 Å². The number of sulfone groups is 1. The molecule has 14 heavy (non-hydrogen) atoms. The van der Waals surface area contributed by atoms with E-state index in [9.17, 15) is 8.42 Å². The minimum Gasteiger partial charge on any atom is -0.219 e. The minimum atomic E-state index is -3.18. The molecule has 0 unspecified atom stereocenters. The third-order valence-corrected chi connectivity index (χ3v) is 4.55. The molecular weight excluding hydrogens is 196 g/mol. The van der Waals surface area contributed by atoms with Gasteiger partial charge in [-0.25, -0.2) is 8.42 Å². The molecule has 0 amide bonds. The van der Waals surface area contributed by atoms with Gasteiger partial charge < -0.3 is 0 Å². The summed E-state index contributed by atoms with van der Waals surface area (Å²) in [5, 5.41) is 0. The molecule has 3 heteroatoms. The smallest absolute Gasteiger partial charge is 0.203 e. The molecule has 0 bridgehead atoms. The van der Waals surface area contributed by atoms with Crippen LogP contribution in [0.25, 0.3) is 6.08 Å². The molecule has 0 spiro atoms. The maximum Gasteiger partial charge on any atom is 0.203 e. The van der Waals surface area contributed by atoms with E-state index in [0.29, 0.717) is 9.80 Å². The summed E-state index contributed by atoms with van der Waals surface area (Å²) in [7, 11) is -3.18. The van der Waals surface area contributed by atoms with Crippen LogP contribution in [0.2, 0.25) is 0 Å². The SMILES string of the molecule is CC(C)C1=Cc2ccccc2S1(=O)=O. The standard InChI is InChI=1S/C11H12O2S/c1-8(2)11-7-9-5-3-4-6-10(9)14(11,12)13/h3-8H,1-2H3. The van der Waals surface area contributed by atoms with Crippen LogP contribution in [-0.2, 0) is 9.84 Å². The van der Waals surface area contributed by atoms with Gasteiger partial charge in [0.25, 0.3) is 0 Å². The van der Waals surface area contributed by atoms with E-state index < -0.39 is 9.84 Å². The Morgan fingerprint density at radius 1 is 1.14 bits per heavy atom. The Labute approximate surface area is 84.2 Å². The second kappa shape index (κ2) is 2.95. The van der Waals surface area contributed by atoms with Crippen LogP contribution in [-0.4, -0.2) is 8.42 Å². The number of hydrogen-bond acceptors (Lipinski definition) is 2. The summed E-state index contributed by atoms with van der Waals surface area (Å²) in [6, 6.07) is 7.11. The molecule has 0 fully saturated rings. The maximum atomic E-state index is 12.0. The lowest BCUT2D eigenvalue weighted by atomic mass is 10.1. The predicted molar refractivity (Wildman–Crippen MR) is 56.4 cm³/mol. The molecule has 0 N–H and O–H groups in total. The Morgan fingerprint density at radius 3 is 2.36 bits per heavy atom. The first-order valence-electron chi connectivity index (χ1n) is 4.59. The van der Waals surface area contributed by atoms with Crippen molar-refractivity contribution < 1.29 is 8.42 Å². The zero-order chi connectivity index (χ0) is 10.3. The van der Waals surface area contributed by atoms with Crippen LogP contribution in [0.5, 0.6) is 0 Å². The highest BCUT2D eigenvalue weighted by Gasteiger charge is 2.30. The summed E-state index contributed by atoms with van der Waals surface area (Å²) >= 11 is 0. The Morgan fingerprint density at radius 2 is 1.79 bits per heavy atom. The molecule has 2 rings (SSSR count). The third kappa shape index (κ3) is 1.20. The average Bonchev–Trinajstić information content (AvgIpc) is 2.39. The quantitative estimate of drug-likeness (QED) is 0.710. The lowest BCUT2D eigenvalue weighted by Gasteiger charge is -2.05. The maximum absolute atomic E-state index is 12.0. The molecule has 74 valence electrons. The highest BCUT2D eigenvalue weighted by Crippen LogP contribution is 2.35. The Kier molecular flexibility index (Phi) is 2.00. The highest BCUT2D eigenvalue weighted by molar-refractivity contribution is 7.95. The zero-order valence-corrected chi connectivity index (χ0v) is 9.01. The van der Waals surface area contributed by atoms with Crippen LogP contribution in [0, 0.1) is 5.92 Å². The topological polar surface area (TPSA) is 34.1 Å². The fraction of sp³-hybridized carbons (Fsp3) is 0.273. The summed E-state index contributed by atoms with van der Waals surface area (Å²) in [6.07, 6.45) is 1.77. The Hall–Kier alpha value is -1.09. The molecule has 2 nitrogen and oxygen atoms in total. The zero-order valence-electron chi connectivity index (χ0n) is 8.19. The minimum absolute atomic E-state index is 0.0485. The summed E-state index contributed by atoms with van der Waals surface area (Å²) in [5.74, 6) is 0.0485. The first kappa shape index (κ1) is 9.46. The number of benzene rings is 1. The van der Waals surface area contributed by atoms with E-state index in [-0.39, 0.29) is 5.92 Å². The van der Waals surface area contributed by atoms with Crippen LogP contribution in [0.15, 0.2) is 34.1 Å². The Balaban J connectivity index is 2.69. The van der Waals surface area contributed by atoms with E-state index in [1.54, 1.807) is 18.2 Å². The van der Waals surface area contributed by atoms with Crippen molar-refractivity contribution in [2.24, 2.45) is 5.92 Å². The summed E-state index contributed by atoms with van der Waals surface area (Å²) < 4.78 is 23.9. The van der Waals surface area contributed by atoms with Crippen molar-refractivity contribution in [1.82, 2.24) is 0 Å². The Bertz CT molecular complexity index is 496. The lowest BCUT2D eigenvalue weighted by Crippen LogP contribution is -2.05. The van der Waals surface area contributed by atoms with E-state index in [0.717, 1.165) is 5.56 Å². The number of rotatable bonds is 1. The van der Waals surface area contributed by atoms with Gasteiger partial charge >= 0.3 is 0 Å². The second-order valence-electron chi connectivity index (χ2n) is 3.74. The van der Waals surface area contributed by atoms with Crippen molar-refractivity contribution in [2.45, 2.75) is 18.7 Å². The van der Waals surface area contributed by atoms with Crippen LogP contribution >= 0.6 is 0 Å².